The Morgan fingerprint density at radius 2 is 2.27 bits per heavy atom. The monoisotopic (exact) mass is 213 g/mol. The van der Waals surface area contributed by atoms with Crippen LogP contribution in [0, 0.1) is 5.82 Å². The van der Waals surface area contributed by atoms with E-state index in [4.69, 9.17) is 5.73 Å². The van der Waals surface area contributed by atoms with E-state index in [0.717, 1.165) is 19.2 Å². The van der Waals surface area contributed by atoms with Gasteiger partial charge in [-0.25, -0.2) is 9.37 Å². The van der Waals surface area contributed by atoms with E-state index >= 15 is 0 Å². The van der Waals surface area contributed by atoms with Crippen molar-refractivity contribution in [3.8, 4) is 0 Å². The number of nitrogens with zero attached hydrogens (tertiary/aromatic N) is 3. The Balaban J connectivity index is 2.40. The summed E-state index contributed by atoms with van der Waals surface area (Å²) in [5, 5.41) is 2.88. The molecule has 15 heavy (non-hydrogen) atoms. The van der Waals surface area contributed by atoms with Gasteiger partial charge in [0.2, 0.25) is 5.95 Å². The van der Waals surface area contributed by atoms with Crippen LogP contribution in [0.4, 0.5) is 16.2 Å². The molecule has 3 N–H and O–H groups in total. The van der Waals surface area contributed by atoms with E-state index in [1.165, 1.54) is 0 Å². The van der Waals surface area contributed by atoms with Crippen molar-refractivity contribution in [3.63, 3.8) is 0 Å². The Labute approximate surface area is 88.5 Å². The maximum atomic E-state index is 13.1. The molecule has 0 atom stereocenters. The molecule has 84 valence electrons. The number of nitrogens with one attached hydrogen (secondary N) is 1. The standard InChI is InChI=1S/C9H16FN5/c1-15(2)5-3-4-12-8-7(10)6-13-9(11)14-8/h6H,3-5H2,1-2H3,(H3,11,12,13,14). The van der Waals surface area contributed by atoms with Crippen LogP contribution in [0.25, 0.3) is 0 Å². The van der Waals surface area contributed by atoms with Gasteiger partial charge in [0.25, 0.3) is 0 Å². The zero-order valence-corrected chi connectivity index (χ0v) is 9.00. The lowest BCUT2D eigenvalue weighted by molar-refractivity contribution is 0.405. The lowest BCUT2D eigenvalue weighted by atomic mass is 10.4. The van der Waals surface area contributed by atoms with Crippen LogP contribution in [0.1, 0.15) is 6.42 Å². The molecule has 0 fully saturated rings. The van der Waals surface area contributed by atoms with E-state index in [0.29, 0.717) is 6.54 Å². The summed E-state index contributed by atoms with van der Waals surface area (Å²) in [4.78, 5) is 9.36. The molecule has 0 aromatic carbocycles. The maximum Gasteiger partial charge on any atom is 0.222 e. The molecule has 5 nitrogen and oxygen atoms in total. The van der Waals surface area contributed by atoms with Gasteiger partial charge in [-0.1, -0.05) is 0 Å². The molecule has 0 saturated carbocycles. The number of nitrogens with two attached hydrogens (primary N) is 1. The summed E-state index contributed by atoms with van der Waals surface area (Å²) in [5.41, 5.74) is 5.34. The molecule has 0 radical (unpaired) electrons. The Kier molecular flexibility index (Phi) is 4.23. The quantitative estimate of drug-likeness (QED) is 0.700. The minimum atomic E-state index is -0.478. The Bertz CT molecular complexity index is 315. The van der Waals surface area contributed by atoms with Crippen molar-refractivity contribution in [2.24, 2.45) is 0 Å². The minimum absolute atomic E-state index is 0.0755. The largest absolute Gasteiger partial charge is 0.368 e. The predicted molar refractivity (Wildman–Crippen MR) is 58.1 cm³/mol. The highest BCUT2D eigenvalue weighted by atomic mass is 19.1. The molecular formula is C9H16FN5. The van der Waals surface area contributed by atoms with Gasteiger partial charge in [-0.3, -0.25) is 0 Å². The fourth-order valence-corrected chi connectivity index (χ4v) is 1.11. The predicted octanol–water partition coefficient (Wildman–Crippen LogP) is 0.562. The first-order valence-electron chi connectivity index (χ1n) is 4.76. The maximum absolute atomic E-state index is 13.1. The van der Waals surface area contributed by atoms with Crippen molar-refractivity contribution < 1.29 is 4.39 Å². The van der Waals surface area contributed by atoms with Crippen LogP contribution in [0.2, 0.25) is 0 Å². The fourth-order valence-electron chi connectivity index (χ4n) is 1.11. The minimum Gasteiger partial charge on any atom is -0.368 e. The summed E-state index contributed by atoms with van der Waals surface area (Å²) in [6, 6.07) is 0. The third kappa shape index (κ3) is 4.07. The van der Waals surface area contributed by atoms with Gasteiger partial charge in [-0.15, -0.1) is 0 Å². The first-order valence-corrected chi connectivity index (χ1v) is 4.76. The topological polar surface area (TPSA) is 67.1 Å². The van der Waals surface area contributed by atoms with Gasteiger partial charge >= 0.3 is 0 Å². The van der Waals surface area contributed by atoms with E-state index in [1.54, 1.807) is 0 Å². The van der Waals surface area contributed by atoms with E-state index in [2.05, 4.69) is 20.2 Å². The number of hydrogen-bond donors (Lipinski definition) is 2. The highest BCUT2D eigenvalue weighted by Crippen LogP contribution is 2.09. The van der Waals surface area contributed by atoms with Gasteiger partial charge in [-0.2, -0.15) is 4.98 Å². The zero-order valence-electron chi connectivity index (χ0n) is 9.00. The van der Waals surface area contributed by atoms with Crippen LogP contribution in [0.15, 0.2) is 6.20 Å². The van der Waals surface area contributed by atoms with Crippen molar-refractivity contribution in [2.45, 2.75) is 6.42 Å². The lowest BCUT2D eigenvalue weighted by Crippen LogP contribution is -2.17. The van der Waals surface area contributed by atoms with Crippen molar-refractivity contribution >= 4 is 11.8 Å². The van der Waals surface area contributed by atoms with Gasteiger partial charge in [0, 0.05) is 6.54 Å². The van der Waals surface area contributed by atoms with Crippen LogP contribution in [-0.4, -0.2) is 42.1 Å². The first kappa shape index (κ1) is 11.6. The van der Waals surface area contributed by atoms with Gasteiger partial charge in [0.1, 0.15) is 0 Å². The summed E-state index contributed by atoms with van der Waals surface area (Å²) in [5.74, 6) is -0.234. The molecule has 1 heterocycles. The lowest BCUT2D eigenvalue weighted by Gasteiger charge is -2.10. The summed E-state index contributed by atoms with van der Waals surface area (Å²) < 4.78 is 13.1. The molecule has 6 heteroatoms. The summed E-state index contributed by atoms with van der Waals surface area (Å²) in [7, 11) is 3.98. The van der Waals surface area contributed by atoms with E-state index < -0.39 is 5.82 Å². The van der Waals surface area contributed by atoms with Crippen LogP contribution in [0.5, 0.6) is 0 Å². The number of aromatic nitrogens is 2. The summed E-state index contributed by atoms with van der Waals surface area (Å²) in [6.45, 7) is 1.60. The van der Waals surface area contributed by atoms with Gasteiger partial charge in [-0.05, 0) is 27.1 Å². The molecule has 1 aromatic rings. The molecule has 0 aliphatic heterocycles. The third-order valence-corrected chi connectivity index (χ3v) is 1.84. The van der Waals surface area contributed by atoms with E-state index in [9.17, 15) is 4.39 Å². The SMILES string of the molecule is CN(C)CCCNc1nc(N)ncc1F. The average Bonchev–Trinajstić information content (AvgIpc) is 2.17. The van der Waals surface area contributed by atoms with Crippen molar-refractivity contribution in [3.05, 3.63) is 12.0 Å². The smallest absolute Gasteiger partial charge is 0.222 e. The first-order chi connectivity index (χ1) is 7.09. The normalized spacial score (nSPS) is 10.7. The Hall–Kier alpha value is -1.43. The van der Waals surface area contributed by atoms with Gasteiger partial charge in [0.05, 0.1) is 6.20 Å². The number of rotatable bonds is 5. The number of hydrogen-bond acceptors (Lipinski definition) is 5. The van der Waals surface area contributed by atoms with Crippen molar-refractivity contribution in [1.82, 2.24) is 14.9 Å². The third-order valence-electron chi connectivity index (χ3n) is 1.84. The van der Waals surface area contributed by atoms with Crippen molar-refractivity contribution in [2.75, 3.05) is 38.2 Å². The zero-order chi connectivity index (χ0) is 11.3. The molecule has 0 amide bonds. The molecule has 0 saturated heterocycles. The van der Waals surface area contributed by atoms with Crippen molar-refractivity contribution in [1.29, 1.82) is 0 Å². The Morgan fingerprint density at radius 1 is 1.53 bits per heavy atom. The van der Waals surface area contributed by atoms with Gasteiger partial charge < -0.3 is 16.0 Å². The fraction of sp³-hybridized carbons (Fsp3) is 0.556. The van der Waals surface area contributed by atoms with Gasteiger partial charge in [0.15, 0.2) is 11.6 Å². The van der Waals surface area contributed by atoms with Crippen LogP contribution in [0.3, 0.4) is 0 Å². The Morgan fingerprint density at radius 3 is 2.93 bits per heavy atom. The molecular weight excluding hydrogens is 197 g/mol. The molecule has 1 rings (SSSR count). The second-order valence-corrected chi connectivity index (χ2v) is 3.51. The van der Waals surface area contributed by atoms with E-state index in [1.807, 2.05) is 14.1 Å². The molecule has 0 aliphatic rings. The number of halogens is 1. The summed E-state index contributed by atoms with van der Waals surface area (Å²) >= 11 is 0. The second-order valence-electron chi connectivity index (χ2n) is 3.51. The molecule has 0 spiro atoms. The number of nitrogen functional groups attached to an aromatic ring is 1. The number of anilines is 2. The molecule has 0 bridgehead atoms. The second kappa shape index (κ2) is 5.45. The summed E-state index contributed by atoms with van der Waals surface area (Å²) in [6.07, 6.45) is 1.98. The van der Waals surface area contributed by atoms with Crippen LogP contribution < -0.4 is 11.1 Å². The van der Waals surface area contributed by atoms with E-state index in [-0.39, 0.29) is 11.8 Å². The van der Waals surface area contributed by atoms with Crippen LogP contribution >= 0.6 is 0 Å². The molecule has 0 aliphatic carbocycles. The molecule has 1 aromatic heterocycles. The average molecular weight is 213 g/mol. The highest BCUT2D eigenvalue weighted by molar-refractivity contribution is 5.38. The van der Waals surface area contributed by atoms with Crippen LogP contribution in [-0.2, 0) is 0 Å². The highest BCUT2D eigenvalue weighted by Gasteiger charge is 2.03. The molecule has 0 unspecified atom stereocenters.